The average molecular weight is 644 g/mol. The molecule has 0 radical (unpaired) electrons. The number of allylic oxidation sites excluding steroid dienone is 2. The molecular weight excluding hydrogens is 617 g/mol. The Morgan fingerprint density at radius 2 is 1.63 bits per heavy atom. The number of non-ortho nitro benzene ring substituents is 1. The molecule has 2 aliphatic heterocycles. The van der Waals surface area contributed by atoms with Crippen molar-refractivity contribution in [3.63, 3.8) is 0 Å². The molecule has 0 bridgehead atoms. The summed E-state index contributed by atoms with van der Waals surface area (Å²) in [7, 11) is 0. The fraction of sp³-hybridized carbons (Fsp3) is 0.294. The van der Waals surface area contributed by atoms with Gasteiger partial charge in [0.25, 0.3) is 5.69 Å². The predicted octanol–water partition coefficient (Wildman–Crippen LogP) is 5.84. The van der Waals surface area contributed by atoms with E-state index in [4.69, 9.17) is 11.6 Å². The number of hydrogen-bond donors (Lipinski definition) is 1. The van der Waals surface area contributed by atoms with E-state index < -0.39 is 69.4 Å². The number of phenolic OH excluding ortho intramolecular Hbond substituents is 1. The molecule has 2 heterocycles. The van der Waals surface area contributed by atoms with E-state index >= 15 is 0 Å². The topological polar surface area (TPSA) is 138 Å². The van der Waals surface area contributed by atoms with E-state index in [0.717, 1.165) is 21.4 Å². The molecule has 10 nitrogen and oxygen atoms in total. The van der Waals surface area contributed by atoms with E-state index in [9.17, 15) is 38.8 Å². The number of rotatable bonds is 4. The van der Waals surface area contributed by atoms with Gasteiger partial charge in [0.15, 0.2) is 0 Å². The van der Waals surface area contributed by atoms with Crippen LogP contribution in [-0.4, -0.2) is 33.7 Å². The van der Waals surface area contributed by atoms with E-state index in [0.29, 0.717) is 11.1 Å². The van der Waals surface area contributed by atoms with Gasteiger partial charge in [0.2, 0.25) is 23.6 Å². The van der Waals surface area contributed by atoms with Crippen LogP contribution >= 0.6 is 11.6 Å². The maximum atomic E-state index is 14.4. The van der Waals surface area contributed by atoms with Gasteiger partial charge in [-0.2, -0.15) is 0 Å². The highest BCUT2D eigenvalue weighted by molar-refractivity contribution is 6.32. The summed E-state index contributed by atoms with van der Waals surface area (Å²) in [5, 5.41) is 21.3. The number of halogens is 2. The number of aromatic hydroxyl groups is 1. The van der Waals surface area contributed by atoms with Gasteiger partial charge in [-0.3, -0.25) is 34.2 Å². The molecule has 2 saturated heterocycles. The molecule has 12 heteroatoms. The maximum absolute atomic E-state index is 14.4. The van der Waals surface area contributed by atoms with Gasteiger partial charge in [0, 0.05) is 18.1 Å². The van der Waals surface area contributed by atoms with Crippen LogP contribution in [0.2, 0.25) is 5.02 Å². The van der Waals surface area contributed by atoms with E-state index in [-0.39, 0.29) is 40.7 Å². The lowest BCUT2D eigenvalue weighted by Gasteiger charge is -2.49. The normalized spacial score (nSPS) is 28.6. The van der Waals surface area contributed by atoms with Crippen LogP contribution in [0.25, 0.3) is 0 Å². The smallest absolute Gasteiger partial charge is 0.269 e. The average Bonchev–Trinajstić information content (AvgIpc) is 3.39. The van der Waals surface area contributed by atoms with Crippen molar-refractivity contribution < 1.29 is 33.6 Å². The number of nitrogens with zero attached hydrogens (tertiary/aromatic N) is 3. The summed E-state index contributed by atoms with van der Waals surface area (Å²) in [4.78, 5) is 69.3. The molecule has 6 atom stereocenters. The molecule has 3 fully saturated rings. The number of carbonyl (C=O) groups excluding carboxylic acids is 4. The molecule has 7 rings (SSSR count). The fourth-order valence-electron chi connectivity index (χ4n) is 8.10. The molecule has 46 heavy (non-hydrogen) atoms. The SMILES string of the molecule is Cc1cc(C2C3=CCC4C(=O)N(c5ccc([N+](=O)[O-])cc5)C(=O)C4C3CC3C(=O)N(c4ccc(F)c(Cl)c4)C(=O)C32C)ccc1O. The first-order chi connectivity index (χ1) is 21.8. The summed E-state index contributed by atoms with van der Waals surface area (Å²) in [6, 6.07) is 13.8. The van der Waals surface area contributed by atoms with Crippen molar-refractivity contribution in [3.8, 4) is 5.75 Å². The van der Waals surface area contributed by atoms with E-state index in [1.165, 1.54) is 42.5 Å². The van der Waals surface area contributed by atoms with Gasteiger partial charge in [-0.05, 0) is 80.1 Å². The first-order valence-corrected chi connectivity index (χ1v) is 15.2. The summed E-state index contributed by atoms with van der Waals surface area (Å²) in [5.41, 5.74) is 0.834. The van der Waals surface area contributed by atoms with Crippen LogP contribution in [0.4, 0.5) is 21.5 Å². The Balaban J connectivity index is 1.35. The summed E-state index contributed by atoms with van der Waals surface area (Å²) in [6.45, 7) is 3.45. The van der Waals surface area contributed by atoms with Crippen molar-refractivity contribution in [2.24, 2.45) is 29.1 Å². The van der Waals surface area contributed by atoms with Crippen LogP contribution in [0.1, 0.15) is 36.8 Å². The summed E-state index contributed by atoms with van der Waals surface area (Å²) in [5.74, 6) is -6.27. The first kappa shape index (κ1) is 29.8. The highest BCUT2D eigenvalue weighted by Gasteiger charge is 2.67. The third kappa shape index (κ3) is 4.07. The van der Waals surface area contributed by atoms with Gasteiger partial charge in [-0.15, -0.1) is 0 Å². The van der Waals surface area contributed by atoms with Crippen molar-refractivity contribution in [1.29, 1.82) is 0 Å². The van der Waals surface area contributed by atoms with Gasteiger partial charge in [0.05, 0.1) is 44.5 Å². The lowest BCUT2D eigenvalue weighted by Crippen LogP contribution is -2.48. The Bertz CT molecular complexity index is 1930. The number of fused-ring (bicyclic) bond motifs is 4. The molecule has 6 unspecified atom stereocenters. The second-order valence-corrected chi connectivity index (χ2v) is 13.0. The minimum absolute atomic E-state index is 0.0576. The van der Waals surface area contributed by atoms with Crippen LogP contribution < -0.4 is 9.80 Å². The predicted molar refractivity (Wildman–Crippen MR) is 164 cm³/mol. The standard InChI is InChI=1S/C34H27ClFN3O7/c1-16-13-17(3-12-27(16)40)29-21-9-10-22-28(32(43)37(30(22)41)18-4-6-19(7-5-18)39(45)46)23(21)15-24-31(42)38(33(44)34(24,29)2)20-8-11-26(36)25(35)14-20/h3-9,11-14,22-24,28-29,40H,10,15H2,1-2H3. The molecule has 1 N–H and O–H groups in total. The Labute approximate surface area is 267 Å². The monoisotopic (exact) mass is 643 g/mol. The fourth-order valence-corrected chi connectivity index (χ4v) is 8.28. The van der Waals surface area contributed by atoms with Crippen LogP contribution in [0.15, 0.2) is 72.3 Å². The third-order valence-corrected chi connectivity index (χ3v) is 10.6. The second-order valence-electron chi connectivity index (χ2n) is 12.6. The quantitative estimate of drug-likeness (QED) is 0.163. The second kappa shape index (κ2) is 10.3. The van der Waals surface area contributed by atoms with Gasteiger partial charge in [-0.1, -0.05) is 35.4 Å². The molecular formula is C34H27ClFN3O7. The molecule has 4 amide bonds. The summed E-state index contributed by atoms with van der Waals surface area (Å²) < 4.78 is 14.1. The molecule has 234 valence electrons. The number of imide groups is 2. The Morgan fingerprint density at radius 1 is 0.935 bits per heavy atom. The molecule has 4 aliphatic rings. The van der Waals surface area contributed by atoms with Crippen LogP contribution in [0, 0.1) is 51.9 Å². The highest BCUT2D eigenvalue weighted by atomic mass is 35.5. The summed E-state index contributed by atoms with van der Waals surface area (Å²) >= 11 is 6.05. The number of benzene rings is 3. The zero-order valence-corrected chi connectivity index (χ0v) is 25.4. The van der Waals surface area contributed by atoms with Gasteiger partial charge in [-0.25, -0.2) is 9.29 Å². The van der Waals surface area contributed by atoms with Crippen molar-refractivity contribution in [2.75, 3.05) is 9.80 Å². The molecule has 0 aromatic heterocycles. The number of nitro benzene ring substituents is 1. The number of phenols is 1. The molecule has 0 spiro atoms. The summed E-state index contributed by atoms with van der Waals surface area (Å²) in [6.07, 6.45) is 2.23. The van der Waals surface area contributed by atoms with Gasteiger partial charge >= 0.3 is 0 Å². The van der Waals surface area contributed by atoms with Crippen molar-refractivity contribution in [1.82, 2.24) is 0 Å². The van der Waals surface area contributed by atoms with Crippen LogP contribution in [-0.2, 0) is 19.2 Å². The van der Waals surface area contributed by atoms with Gasteiger partial charge < -0.3 is 5.11 Å². The Kier molecular flexibility index (Phi) is 6.68. The first-order valence-electron chi connectivity index (χ1n) is 14.8. The third-order valence-electron chi connectivity index (χ3n) is 10.3. The lowest BCUT2D eigenvalue weighted by atomic mass is 9.51. The van der Waals surface area contributed by atoms with Crippen molar-refractivity contribution in [3.05, 3.63) is 104 Å². The number of aryl methyl sites for hydroxylation is 1. The number of hydrogen-bond acceptors (Lipinski definition) is 7. The molecule has 3 aromatic rings. The van der Waals surface area contributed by atoms with Crippen LogP contribution in [0.3, 0.4) is 0 Å². The number of carbonyl (C=O) groups is 4. The molecule has 3 aromatic carbocycles. The van der Waals surface area contributed by atoms with E-state index in [2.05, 4.69) is 0 Å². The zero-order chi connectivity index (χ0) is 32.8. The number of anilines is 2. The lowest BCUT2D eigenvalue weighted by molar-refractivity contribution is -0.384. The number of amides is 4. The molecule has 2 aliphatic carbocycles. The minimum atomic E-state index is -1.32. The van der Waals surface area contributed by atoms with Crippen molar-refractivity contribution >= 4 is 52.3 Å². The van der Waals surface area contributed by atoms with Crippen molar-refractivity contribution in [2.45, 2.75) is 32.6 Å². The Morgan fingerprint density at radius 3 is 2.28 bits per heavy atom. The largest absolute Gasteiger partial charge is 0.508 e. The van der Waals surface area contributed by atoms with E-state index in [1.807, 2.05) is 6.08 Å². The minimum Gasteiger partial charge on any atom is -0.508 e. The number of nitro groups is 1. The van der Waals surface area contributed by atoms with E-state index in [1.54, 1.807) is 26.0 Å². The Hall–Kier alpha value is -4.90. The highest BCUT2D eigenvalue weighted by Crippen LogP contribution is 2.64. The van der Waals surface area contributed by atoms with Gasteiger partial charge in [0.1, 0.15) is 11.6 Å². The van der Waals surface area contributed by atoms with Crippen LogP contribution in [0.5, 0.6) is 5.75 Å². The molecule has 1 saturated carbocycles. The maximum Gasteiger partial charge on any atom is 0.269 e. The zero-order valence-electron chi connectivity index (χ0n) is 24.6.